The van der Waals surface area contributed by atoms with Crippen molar-refractivity contribution >= 4 is 52.9 Å². The molecule has 0 radical (unpaired) electrons. The fraction of sp³-hybridized carbons (Fsp3) is 0.500. The van der Waals surface area contributed by atoms with E-state index in [1.807, 2.05) is 18.3 Å². The van der Waals surface area contributed by atoms with E-state index in [0.717, 1.165) is 42.0 Å². The summed E-state index contributed by atoms with van der Waals surface area (Å²) in [7, 11) is 1.80. The van der Waals surface area contributed by atoms with E-state index in [1.54, 1.807) is 18.4 Å². The van der Waals surface area contributed by atoms with Crippen LogP contribution in [0, 0.1) is 0 Å². The van der Waals surface area contributed by atoms with E-state index >= 15 is 0 Å². The van der Waals surface area contributed by atoms with Crippen LogP contribution in [0.25, 0.3) is 0 Å². The Bertz CT molecular complexity index is 761. The maximum Gasteiger partial charge on any atom is 0.191 e. The Morgan fingerprint density at radius 2 is 2.11 bits per heavy atom. The third-order valence-corrected chi connectivity index (χ3v) is 6.24. The highest BCUT2D eigenvalue weighted by Gasteiger charge is 2.23. The molecule has 1 fully saturated rings. The highest BCUT2D eigenvalue weighted by molar-refractivity contribution is 14.0. The first kappa shape index (κ1) is 23.4. The Balaban J connectivity index is 0.00000280. The highest BCUT2D eigenvalue weighted by atomic mass is 127. The van der Waals surface area contributed by atoms with Gasteiger partial charge in [-0.15, -0.1) is 35.3 Å². The van der Waals surface area contributed by atoms with E-state index in [1.165, 1.54) is 23.3 Å². The molecule has 1 aliphatic heterocycles. The molecule has 1 aromatic heterocycles. The van der Waals surface area contributed by atoms with Gasteiger partial charge >= 0.3 is 0 Å². The molecule has 0 bridgehead atoms. The number of hydrogen-bond donors (Lipinski definition) is 2. The molecule has 2 N–H and O–H groups in total. The first-order valence-electron chi connectivity index (χ1n) is 9.57. The van der Waals surface area contributed by atoms with Crippen molar-refractivity contribution in [3.63, 3.8) is 0 Å². The number of aryl methyl sites for hydroxylation is 1. The quantitative estimate of drug-likeness (QED) is 0.313. The molecule has 1 saturated heterocycles. The summed E-state index contributed by atoms with van der Waals surface area (Å²) in [5, 5.41) is 8.73. The topological polar surface area (TPSA) is 52.6 Å². The number of halogens is 2. The molecule has 5 nitrogen and oxygen atoms in total. The van der Waals surface area contributed by atoms with Gasteiger partial charge in [-0.05, 0) is 50.0 Å². The van der Waals surface area contributed by atoms with Crippen LogP contribution in [-0.4, -0.2) is 42.5 Å². The summed E-state index contributed by atoms with van der Waals surface area (Å²) < 4.78 is 0. The first-order chi connectivity index (χ1) is 13.2. The largest absolute Gasteiger partial charge is 0.354 e. The van der Waals surface area contributed by atoms with Crippen LogP contribution < -0.4 is 10.6 Å². The average molecular weight is 534 g/mol. The fourth-order valence-corrected chi connectivity index (χ4v) is 4.39. The summed E-state index contributed by atoms with van der Waals surface area (Å²) in [6, 6.07) is 8.48. The van der Waals surface area contributed by atoms with Gasteiger partial charge in [0.2, 0.25) is 0 Å². The Morgan fingerprint density at radius 1 is 1.32 bits per heavy atom. The monoisotopic (exact) mass is 533 g/mol. The highest BCUT2D eigenvalue weighted by Crippen LogP contribution is 2.26. The molecule has 8 heteroatoms. The molecule has 1 unspecified atom stereocenters. The Labute approximate surface area is 194 Å². The zero-order valence-corrected chi connectivity index (χ0v) is 20.4. The molecule has 2 aromatic rings. The number of thiazole rings is 1. The summed E-state index contributed by atoms with van der Waals surface area (Å²) in [4.78, 5) is 12.7. The van der Waals surface area contributed by atoms with E-state index < -0.39 is 0 Å². The number of hydrogen-bond acceptors (Lipinski definition) is 4. The second-order valence-corrected chi connectivity index (χ2v) is 8.33. The molecule has 0 amide bonds. The zero-order chi connectivity index (χ0) is 19.1. The predicted octanol–water partition coefficient (Wildman–Crippen LogP) is 4.48. The molecule has 2 heterocycles. The summed E-state index contributed by atoms with van der Waals surface area (Å²) in [5.74, 6) is 0.800. The van der Waals surface area contributed by atoms with E-state index in [2.05, 4.69) is 44.6 Å². The SMILES string of the molecule is CCc1cnc(CNC(=NC)NCC(c2cccc(Cl)c2)N2CCCC2)s1.I. The van der Waals surface area contributed by atoms with Crippen LogP contribution >= 0.6 is 46.9 Å². The summed E-state index contributed by atoms with van der Waals surface area (Å²) in [6.07, 6.45) is 5.50. The van der Waals surface area contributed by atoms with Crippen LogP contribution in [0.5, 0.6) is 0 Å². The lowest BCUT2D eigenvalue weighted by molar-refractivity contribution is 0.245. The fourth-order valence-electron chi connectivity index (χ4n) is 3.39. The minimum atomic E-state index is 0. The number of rotatable bonds is 7. The zero-order valence-electron chi connectivity index (χ0n) is 16.4. The third-order valence-electron chi connectivity index (χ3n) is 4.86. The summed E-state index contributed by atoms with van der Waals surface area (Å²) in [5.41, 5.74) is 1.25. The van der Waals surface area contributed by atoms with E-state index in [-0.39, 0.29) is 30.0 Å². The predicted molar refractivity (Wildman–Crippen MR) is 130 cm³/mol. The molecule has 1 aliphatic rings. The molecule has 154 valence electrons. The van der Waals surface area contributed by atoms with Gasteiger partial charge in [-0.3, -0.25) is 9.89 Å². The minimum absolute atomic E-state index is 0. The molecule has 3 rings (SSSR count). The molecule has 0 aliphatic carbocycles. The Kier molecular flexibility index (Phi) is 9.98. The van der Waals surface area contributed by atoms with Crippen molar-refractivity contribution in [3.8, 4) is 0 Å². The van der Waals surface area contributed by atoms with Crippen LogP contribution in [-0.2, 0) is 13.0 Å². The smallest absolute Gasteiger partial charge is 0.191 e. The van der Waals surface area contributed by atoms with Crippen molar-refractivity contribution in [2.24, 2.45) is 4.99 Å². The van der Waals surface area contributed by atoms with E-state index in [0.29, 0.717) is 6.54 Å². The standard InChI is InChI=1S/C20H28ClN5S.HI/c1-3-17-12-23-19(27-17)14-25-20(22-2)24-13-18(26-9-4-5-10-26)15-7-6-8-16(21)11-15;/h6-8,11-12,18H,3-5,9-10,13-14H2,1-2H3,(H2,22,24,25);1H. The molecule has 1 aromatic carbocycles. The molecule has 0 saturated carbocycles. The van der Waals surface area contributed by atoms with Gasteiger partial charge < -0.3 is 10.6 Å². The lowest BCUT2D eigenvalue weighted by Crippen LogP contribution is -2.42. The van der Waals surface area contributed by atoms with Crippen molar-refractivity contribution in [1.29, 1.82) is 0 Å². The molecule has 1 atom stereocenters. The normalized spacial score (nSPS) is 15.9. The second kappa shape index (κ2) is 11.9. The number of aliphatic imine (C=N–C) groups is 1. The van der Waals surface area contributed by atoms with Crippen LogP contribution in [0.4, 0.5) is 0 Å². The molecular weight excluding hydrogens is 505 g/mol. The van der Waals surface area contributed by atoms with Gasteiger partial charge in [-0.1, -0.05) is 30.7 Å². The Hall–Kier alpha value is -0.900. The molecular formula is C20H29ClIN5S. The van der Waals surface area contributed by atoms with Crippen LogP contribution in [0.2, 0.25) is 5.02 Å². The minimum Gasteiger partial charge on any atom is -0.354 e. The summed E-state index contributed by atoms with van der Waals surface area (Å²) >= 11 is 7.99. The van der Waals surface area contributed by atoms with Gasteiger partial charge in [-0.25, -0.2) is 4.98 Å². The van der Waals surface area contributed by atoms with Crippen LogP contribution in [0.15, 0.2) is 35.5 Å². The van der Waals surface area contributed by atoms with Crippen molar-refractivity contribution in [1.82, 2.24) is 20.5 Å². The van der Waals surface area contributed by atoms with Gasteiger partial charge in [0.05, 0.1) is 12.6 Å². The van der Waals surface area contributed by atoms with Gasteiger partial charge in [0.1, 0.15) is 5.01 Å². The van der Waals surface area contributed by atoms with Crippen LogP contribution in [0.1, 0.15) is 41.3 Å². The molecule has 0 spiro atoms. The third kappa shape index (κ3) is 6.57. The number of nitrogens with zero attached hydrogens (tertiary/aromatic N) is 3. The second-order valence-electron chi connectivity index (χ2n) is 6.69. The maximum atomic E-state index is 6.24. The van der Waals surface area contributed by atoms with E-state index in [4.69, 9.17) is 11.6 Å². The van der Waals surface area contributed by atoms with Crippen molar-refractivity contribution in [2.75, 3.05) is 26.7 Å². The number of nitrogens with one attached hydrogen (secondary N) is 2. The number of benzene rings is 1. The van der Waals surface area contributed by atoms with Gasteiger partial charge in [0.15, 0.2) is 5.96 Å². The first-order valence-corrected chi connectivity index (χ1v) is 10.8. The van der Waals surface area contributed by atoms with Crippen molar-refractivity contribution in [3.05, 3.63) is 50.9 Å². The molecule has 28 heavy (non-hydrogen) atoms. The lowest BCUT2D eigenvalue weighted by Gasteiger charge is -2.29. The number of guanidine groups is 1. The van der Waals surface area contributed by atoms with Crippen molar-refractivity contribution in [2.45, 2.75) is 38.8 Å². The average Bonchev–Trinajstić information content (AvgIpc) is 3.36. The summed E-state index contributed by atoms with van der Waals surface area (Å²) in [6.45, 7) is 5.89. The van der Waals surface area contributed by atoms with E-state index in [9.17, 15) is 0 Å². The number of aromatic nitrogens is 1. The van der Waals surface area contributed by atoms with Crippen LogP contribution in [0.3, 0.4) is 0 Å². The van der Waals surface area contributed by atoms with Gasteiger partial charge in [0, 0.05) is 29.7 Å². The van der Waals surface area contributed by atoms with Gasteiger partial charge in [0.25, 0.3) is 0 Å². The number of likely N-dealkylation sites (tertiary alicyclic amines) is 1. The maximum absolute atomic E-state index is 6.24. The Morgan fingerprint density at radius 3 is 2.75 bits per heavy atom. The van der Waals surface area contributed by atoms with Crippen molar-refractivity contribution < 1.29 is 0 Å². The lowest BCUT2D eigenvalue weighted by atomic mass is 10.1. The van der Waals surface area contributed by atoms with Gasteiger partial charge in [-0.2, -0.15) is 0 Å².